The summed E-state index contributed by atoms with van der Waals surface area (Å²) in [5.41, 5.74) is 0. The lowest BCUT2D eigenvalue weighted by molar-refractivity contribution is 0.812. The minimum absolute atomic E-state index is 0.194. The molecule has 0 aliphatic rings. The van der Waals surface area contributed by atoms with Crippen LogP contribution in [-0.4, -0.2) is 4.75 Å². The lowest BCUT2D eigenvalue weighted by Gasteiger charge is -2.04. The Balaban J connectivity index is 0. The van der Waals surface area contributed by atoms with Gasteiger partial charge in [0.1, 0.15) is 0 Å². The molecule has 0 radical (unpaired) electrons. The fraction of sp³-hybridized carbons (Fsp3) is 1.00. The minimum atomic E-state index is 0.194. The molecule has 0 spiro atoms. The highest BCUT2D eigenvalue weighted by Crippen LogP contribution is 2.07. The lowest BCUT2D eigenvalue weighted by atomic mass is 10.3. The minimum Gasteiger partial charge on any atom is -0.274 e. The van der Waals surface area contributed by atoms with Crippen LogP contribution >= 0.6 is 12.6 Å². The van der Waals surface area contributed by atoms with Crippen LogP contribution in [0.1, 0.15) is 20.8 Å². The maximum Gasteiger partial charge on any atom is 0.00449 e. The summed E-state index contributed by atoms with van der Waals surface area (Å²) in [5, 5.41) is 0. The highest BCUT2D eigenvalue weighted by atomic mass is 32.1. The average molecular weight is 122 g/mol. The summed E-state index contributed by atoms with van der Waals surface area (Å²) in [4.78, 5) is 0. The lowest BCUT2D eigenvalue weighted by Crippen LogP contribution is -2.02. The van der Waals surface area contributed by atoms with Gasteiger partial charge in [-0.05, 0) is 0 Å². The van der Waals surface area contributed by atoms with Gasteiger partial charge in [-0.15, -0.1) is 0 Å². The van der Waals surface area contributed by atoms with Gasteiger partial charge < -0.3 is 0 Å². The van der Waals surface area contributed by atoms with Crippen molar-refractivity contribution in [2.75, 3.05) is 0 Å². The number of hydrogen-bond acceptors (Lipinski definition) is 3. The SMILES string of the molecule is CC(C)(C)S.NN. The maximum absolute atomic E-state index is 4.12. The summed E-state index contributed by atoms with van der Waals surface area (Å²) in [7, 11) is 0. The Labute approximate surface area is 50.6 Å². The largest absolute Gasteiger partial charge is 0.274 e. The van der Waals surface area contributed by atoms with Gasteiger partial charge in [-0.1, -0.05) is 20.8 Å². The summed E-state index contributed by atoms with van der Waals surface area (Å²) < 4.78 is 0.194. The van der Waals surface area contributed by atoms with E-state index in [-0.39, 0.29) is 4.75 Å². The van der Waals surface area contributed by atoms with Gasteiger partial charge in [0.25, 0.3) is 0 Å². The number of thiol groups is 1. The van der Waals surface area contributed by atoms with Crippen molar-refractivity contribution >= 4 is 12.6 Å². The van der Waals surface area contributed by atoms with E-state index in [9.17, 15) is 0 Å². The number of nitrogens with two attached hydrogens (primary N) is 2. The molecule has 0 amide bonds. The van der Waals surface area contributed by atoms with Crippen LogP contribution in [0, 0.1) is 0 Å². The highest BCUT2D eigenvalue weighted by Gasteiger charge is 1.96. The van der Waals surface area contributed by atoms with Crippen LogP contribution in [0.15, 0.2) is 0 Å². The second-order valence-corrected chi connectivity index (χ2v) is 3.51. The number of hydrogen-bond donors (Lipinski definition) is 3. The van der Waals surface area contributed by atoms with Crippen molar-refractivity contribution < 1.29 is 0 Å². The first-order chi connectivity index (χ1) is 3.00. The molecule has 2 nitrogen and oxygen atoms in total. The molecular weight excluding hydrogens is 108 g/mol. The third kappa shape index (κ3) is 1570. The van der Waals surface area contributed by atoms with Crippen molar-refractivity contribution in [2.45, 2.75) is 25.5 Å². The third-order valence-electron chi connectivity index (χ3n) is 0. The molecule has 0 bridgehead atoms. The highest BCUT2D eigenvalue weighted by molar-refractivity contribution is 7.81. The van der Waals surface area contributed by atoms with E-state index in [0.29, 0.717) is 0 Å². The summed E-state index contributed by atoms with van der Waals surface area (Å²) in [6.07, 6.45) is 0. The van der Waals surface area contributed by atoms with Gasteiger partial charge in [-0.2, -0.15) is 12.6 Å². The monoisotopic (exact) mass is 122 g/mol. The summed E-state index contributed by atoms with van der Waals surface area (Å²) >= 11 is 4.12. The van der Waals surface area contributed by atoms with E-state index < -0.39 is 0 Å². The quantitative estimate of drug-likeness (QED) is 0.249. The van der Waals surface area contributed by atoms with E-state index in [1.807, 2.05) is 0 Å². The molecule has 0 saturated heterocycles. The summed E-state index contributed by atoms with van der Waals surface area (Å²) in [6.45, 7) is 6.16. The molecule has 0 rings (SSSR count). The van der Waals surface area contributed by atoms with Gasteiger partial charge >= 0.3 is 0 Å². The Morgan fingerprint density at radius 2 is 1.14 bits per heavy atom. The zero-order valence-corrected chi connectivity index (χ0v) is 6.00. The second-order valence-electron chi connectivity index (χ2n) is 2.17. The van der Waals surface area contributed by atoms with Crippen molar-refractivity contribution in [1.29, 1.82) is 0 Å². The Bertz CT molecular complexity index is 25.2. The average Bonchev–Trinajstić information content (AvgIpc) is 1.36. The molecule has 7 heavy (non-hydrogen) atoms. The Kier molecular flexibility index (Phi) is 6.51. The van der Waals surface area contributed by atoms with Crippen LogP contribution in [-0.2, 0) is 0 Å². The van der Waals surface area contributed by atoms with Crippen molar-refractivity contribution in [1.82, 2.24) is 0 Å². The molecule has 0 aliphatic heterocycles. The topological polar surface area (TPSA) is 52.0 Å². The van der Waals surface area contributed by atoms with E-state index in [1.54, 1.807) is 0 Å². The first kappa shape index (κ1) is 10.3. The molecule has 0 aromatic carbocycles. The maximum atomic E-state index is 4.12. The fourth-order valence-corrected chi connectivity index (χ4v) is 0. The zero-order chi connectivity index (χ0) is 6.50. The molecule has 0 saturated carbocycles. The molecule has 3 heteroatoms. The first-order valence-corrected chi connectivity index (χ1v) is 2.50. The van der Waals surface area contributed by atoms with Crippen LogP contribution in [0.25, 0.3) is 0 Å². The first-order valence-electron chi connectivity index (χ1n) is 2.06. The van der Waals surface area contributed by atoms with E-state index >= 15 is 0 Å². The van der Waals surface area contributed by atoms with Gasteiger partial charge in [0.15, 0.2) is 0 Å². The third-order valence-corrected chi connectivity index (χ3v) is 0. The van der Waals surface area contributed by atoms with Gasteiger partial charge in [0, 0.05) is 4.75 Å². The molecule has 0 unspecified atom stereocenters. The summed E-state index contributed by atoms with van der Waals surface area (Å²) in [5.74, 6) is 8.00. The predicted molar refractivity (Wildman–Crippen MR) is 37.1 cm³/mol. The van der Waals surface area contributed by atoms with Crippen molar-refractivity contribution in [3.63, 3.8) is 0 Å². The predicted octanol–water partition coefficient (Wildman–Crippen LogP) is 0.534. The molecule has 0 heterocycles. The normalized spacial score (nSPS) is 9.43. The number of hydrazine groups is 1. The Morgan fingerprint density at radius 3 is 1.14 bits per heavy atom. The van der Waals surface area contributed by atoms with Crippen molar-refractivity contribution in [3.8, 4) is 0 Å². The molecule has 46 valence electrons. The summed E-state index contributed by atoms with van der Waals surface area (Å²) in [6, 6.07) is 0. The molecular formula is C4H14N2S. The standard InChI is InChI=1S/C4H10S.H4N2/c1-4(2,3)5;1-2/h5H,1-3H3;1-2H2. The van der Waals surface area contributed by atoms with Gasteiger partial charge in [0.05, 0.1) is 0 Å². The smallest absolute Gasteiger partial charge is 0.00449 e. The van der Waals surface area contributed by atoms with Crippen LogP contribution < -0.4 is 11.7 Å². The van der Waals surface area contributed by atoms with Gasteiger partial charge in [0.2, 0.25) is 0 Å². The Hall–Kier alpha value is 0.270. The molecule has 0 aromatic heterocycles. The second kappa shape index (κ2) is 4.43. The molecule has 0 aromatic rings. The zero-order valence-electron chi connectivity index (χ0n) is 5.10. The molecule has 4 N–H and O–H groups in total. The van der Waals surface area contributed by atoms with E-state index in [2.05, 4.69) is 45.1 Å². The van der Waals surface area contributed by atoms with E-state index in [4.69, 9.17) is 0 Å². The van der Waals surface area contributed by atoms with Crippen LogP contribution in [0.2, 0.25) is 0 Å². The van der Waals surface area contributed by atoms with Crippen molar-refractivity contribution in [3.05, 3.63) is 0 Å². The van der Waals surface area contributed by atoms with Crippen LogP contribution in [0.4, 0.5) is 0 Å². The van der Waals surface area contributed by atoms with Crippen molar-refractivity contribution in [2.24, 2.45) is 11.7 Å². The van der Waals surface area contributed by atoms with Gasteiger partial charge in [-0.25, -0.2) is 0 Å². The molecule has 0 atom stereocenters. The van der Waals surface area contributed by atoms with Crippen LogP contribution in [0.3, 0.4) is 0 Å². The van der Waals surface area contributed by atoms with E-state index in [0.717, 1.165) is 0 Å². The fourth-order valence-electron chi connectivity index (χ4n) is 0. The molecule has 0 aliphatic carbocycles. The van der Waals surface area contributed by atoms with Gasteiger partial charge in [-0.3, -0.25) is 11.7 Å². The molecule has 0 fully saturated rings. The van der Waals surface area contributed by atoms with Crippen LogP contribution in [0.5, 0.6) is 0 Å². The Morgan fingerprint density at radius 1 is 1.14 bits per heavy atom. The van der Waals surface area contributed by atoms with E-state index in [1.165, 1.54) is 0 Å². The number of rotatable bonds is 0.